The van der Waals surface area contributed by atoms with E-state index in [4.69, 9.17) is 0 Å². The zero-order valence-electron chi connectivity index (χ0n) is 14.2. The number of aromatic nitrogens is 2. The van der Waals surface area contributed by atoms with E-state index < -0.39 is 0 Å². The van der Waals surface area contributed by atoms with Crippen molar-refractivity contribution in [1.29, 1.82) is 0 Å². The highest BCUT2D eigenvalue weighted by Gasteiger charge is 2.29. The number of likely N-dealkylation sites (tertiary alicyclic amines) is 2. The molecule has 1 amide bonds. The number of aromatic amines is 1. The van der Waals surface area contributed by atoms with Gasteiger partial charge < -0.3 is 9.88 Å². The van der Waals surface area contributed by atoms with Gasteiger partial charge in [-0.2, -0.15) is 0 Å². The van der Waals surface area contributed by atoms with Crippen LogP contribution < -0.4 is 0 Å². The zero-order valence-corrected chi connectivity index (χ0v) is 14.2. The minimum atomic E-state index is 0.147. The van der Waals surface area contributed by atoms with E-state index in [1.807, 2.05) is 18.3 Å². The van der Waals surface area contributed by atoms with Crippen molar-refractivity contribution in [3.8, 4) is 0 Å². The van der Waals surface area contributed by atoms with Gasteiger partial charge in [-0.1, -0.05) is 12.8 Å². The highest BCUT2D eigenvalue weighted by Crippen LogP contribution is 2.23. The van der Waals surface area contributed by atoms with E-state index in [1.165, 1.54) is 45.2 Å². The van der Waals surface area contributed by atoms with Gasteiger partial charge in [-0.3, -0.25) is 9.69 Å². The van der Waals surface area contributed by atoms with Crippen molar-refractivity contribution in [2.45, 2.75) is 44.6 Å². The summed E-state index contributed by atoms with van der Waals surface area (Å²) in [7, 11) is 0. The van der Waals surface area contributed by atoms with E-state index in [2.05, 4.69) is 19.8 Å². The summed E-state index contributed by atoms with van der Waals surface area (Å²) >= 11 is 0. The number of carbonyl (C=O) groups excluding carboxylic acids is 1. The van der Waals surface area contributed by atoms with Crippen LogP contribution in [0.2, 0.25) is 0 Å². The molecule has 0 bridgehead atoms. The number of rotatable bonds is 2. The molecular formula is C19H26N4O. The summed E-state index contributed by atoms with van der Waals surface area (Å²) in [5.41, 5.74) is 1.55. The second kappa shape index (κ2) is 6.93. The Labute approximate surface area is 143 Å². The lowest BCUT2D eigenvalue weighted by Crippen LogP contribution is -2.50. The first-order valence-corrected chi connectivity index (χ1v) is 9.28. The highest BCUT2D eigenvalue weighted by molar-refractivity contribution is 6.05. The van der Waals surface area contributed by atoms with Crippen LogP contribution in [-0.2, 0) is 0 Å². The van der Waals surface area contributed by atoms with Gasteiger partial charge in [0.25, 0.3) is 5.91 Å². The standard InChI is InChI=1S/C19H26N4O/c24-19(17-13-21-18-16(17)8-5-9-20-18)23-12-6-7-15(14-23)22-10-3-1-2-4-11-22/h5,8-9,13,15H,1-4,6-7,10-12,14H2,(H,20,21)/t15-/m1/s1. The van der Waals surface area contributed by atoms with Gasteiger partial charge in [0.05, 0.1) is 5.56 Å². The fourth-order valence-electron chi connectivity index (χ4n) is 4.20. The SMILES string of the molecule is O=C(c1c[nH]c2ncccc12)N1CCC[C@@H](N2CCCCCC2)C1. The van der Waals surface area contributed by atoms with Crippen LogP contribution in [0.5, 0.6) is 0 Å². The maximum atomic E-state index is 13.0. The predicted molar refractivity (Wildman–Crippen MR) is 95.1 cm³/mol. The number of amides is 1. The number of nitrogens with zero attached hydrogens (tertiary/aromatic N) is 3. The topological polar surface area (TPSA) is 52.2 Å². The van der Waals surface area contributed by atoms with Gasteiger partial charge >= 0.3 is 0 Å². The van der Waals surface area contributed by atoms with Crippen molar-refractivity contribution in [2.75, 3.05) is 26.2 Å². The molecule has 24 heavy (non-hydrogen) atoms. The van der Waals surface area contributed by atoms with Crippen molar-refractivity contribution in [3.05, 3.63) is 30.1 Å². The Morgan fingerprint density at radius 3 is 2.79 bits per heavy atom. The summed E-state index contributed by atoms with van der Waals surface area (Å²) in [6.45, 7) is 4.13. The van der Waals surface area contributed by atoms with Crippen molar-refractivity contribution in [3.63, 3.8) is 0 Å². The molecule has 4 rings (SSSR count). The van der Waals surface area contributed by atoms with Crippen LogP contribution >= 0.6 is 0 Å². The van der Waals surface area contributed by atoms with E-state index in [0.717, 1.165) is 36.1 Å². The first-order valence-electron chi connectivity index (χ1n) is 9.28. The van der Waals surface area contributed by atoms with E-state index in [0.29, 0.717) is 6.04 Å². The Hall–Kier alpha value is -1.88. The molecule has 2 saturated heterocycles. The summed E-state index contributed by atoms with van der Waals surface area (Å²) in [4.78, 5) is 25.1. The average molecular weight is 326 g/mol. The molecule has 5 heteroatoms. The fraction of sp³-hybridized carbons (Fsp3) is 0.579. The number of pyridine rings is 1. The lowest BCUT2D eigenvalue weighted by Gasteiger charge is -2.39. The van der Waals surface area contributed by atoms with Crippen LogP contribution in [0.25, 0.3) is 11.0 Å². The molecule has 0 unspecified atom stereocenters. The van der Waals surface area contributed by atoms with Gasteiger partial charge in [0, 0.05) is 36.9 Å². The second-order valence-electron chi connectivity index (χ2n) is 7.10. The number of piperidine rings is 1. The largest absolute Gasteiger partial charge is 0.345 e. The van der Waals surface area contributed by atoms with Crippen molar-refractivity contribution in [2.24, 2.45) is 0 Å². The van der Waals surface area contributed by atoms with Gasteiger partial charge in [-0.25, -0.2) is 4.98 Å². The normalized spacial score (nSPS) is 23.3. The van der Waals surface area contributed by atoms with Crippen LogP contribution in [-0.4, -0.2) is 57.9 Å². The third kappa shape index (κ3) is 3.05. The lowest BCUT2D eigenvalue weighted by atomic mass is 10.0. The second-order valence-corrected chi connectivity index (χ2v) is 7.10. The fourth-order valence-corrected chi connectivity index (χ4v) is 4.20. The molecule has 2 aromatic rings. The van der Waals surface area contributed by atoms with Crippen LogP contribution in [0.1, 0.15) is 48.9 Å². The Bertz CT molecular complexity index is 702. The Balaban J connectivity index is 1.50. The zero-order chi connectivity index (χ0) is 16.4. The molecule has 2 aromatic heterocycles. The maximum Gasteiger partial charge on any atom is 0.256 e. The predicted octanol–water partition coefficient (Wildman–Crippen LogP) is 3.04. The summed E-state index contributed by atoms with van der Waals surface area (Å²) in [5.74, 6) is 0.147. The lowest BCUT2D eigenvalue weighted by molar-refractivity contribution is 0.0581. The van der Waals surface area contributed by atoms with Gasteiger partial charge in [-0.05, 0) is 50.9 Å². The van der Waals surface area contributed by atoms with Crippen molar-refractivity contribution in [1.82, 2.24) is 19.8 Å². The van der Waals surface area contributed by atoms with Crippen molar-refractivity contribution >= 4 is 16.9 Å². The molecule has 2 aliphatic heterocycles. The molecule has 5 nitrogen and oxygen atoms in total. The molecule has 0 saturated carbocycles. The highest BCUT2D eigenvalue weighted by atomic mass is 16.2. The number of fused-ring (bicyclic) bond motifs is 1. The van der Waals surface area contributed by atoms with E-state index >= 15 is 0 Å². The summed E-state index contributed by atoms with van der Waals surface area (Å²) in [6, 6.07) is 4.40. The van der Waals surface area contributed by atoms with Crippen molar-refractivity contribution < 1.29 is 4.79 Å². The molecule has 2 fully saturated rings. The first-order chi connectivity index (χ1) is 11.8. The summed E-state index contributed by atoms with van der Waals surface area (Å²) < 4.78 is 0. The summed E-state index contributed by atoms with van der Waals surface area (Å²) in [5, 5.41) is 0.930. The number of nitrogens with one attached hydrogen (secondary N) is 1. The van der Waals surface area contributed by atoms with E-state index in [9.17, 15) is 4.79 Å². The molecule has 0 radical (unpaired) electrons. The van der Waals surface area contributed by atoms with Crippen LogP contribution in [0.15, 0.2) is 24.5 Å². The van der Waals surface area contributed by atoms with E-state index in [-0.39, 0.29) is 5.91 Å². The third-order valence-corrected chi connectivity index (χ3v) is 5.52. The third-order valence-electron chi connectivity index (χ3n) is 5.52. The Kier molecular flexibility index (Phi) is 4.52. The molecule has 0 spiro atoms. The molecular weight excluding hydrogens is 300 g/mol. The molecule has 0 aliphatic carbocycles. The Morgan fingerprint density at radius 2 is 1.96 bits per heavy atom. The number of hydrogen-bond donors (Lipinski definition) is 1. The maximum absolute atomic E-state index is 13.0. The van der Waals surface area contributed by atoms with Crippen LogP contribution in [0.3, 0.4) is 0 Å². The number of H-pyrrole nitrogens is 1. The molecule has 1 atom stereocenters. The van der Waals surface area contributed by atoms with Gasteiger partial charge in [0.2, 0.25) is 0 Å². The Morgan fingerprint density at radius 1 is 1.12 bits per heavy atom. The minimum Gasteiger partial charge on any atom is -0.345 e. The number of carbonyl (C=O) groups is 1. The summed E-state index contributed by atoms with van der Waals surface area (Å²) in [6.07, 6.45) is 11.2. The monoisotopic (exact) mass is 326 g/mol. The average Bonchev–Trinajstić information content (AvgIpc) is 2.87. The molecule has 0 aromatic carbocycles. The van der Waals surface area contributed by atoms with Gasteiger partial charge in [0.1, 0.15) is 5.65 Å². The number of hydrogen-bond acceptors (Lipinski definition) is 3. The molecule has 2 aliphatic rings. The van der Waals surface area contributed by atoms with Gasteiger partial charge in [-0.15, -0.1) is 0 Å². The van der Waals surface area contributed by atoms with Crippen LogP contribution in [0.4, 0.5) is 0 Å². The molecule has 1 N–H and O–H groups in total. The quantitative estimate of drug-likeness (QED) is 0.923. The minimum absolute atomic E-state index is 0.147. The smallest absolute Gasteiger partial charge is 0.256 e. The van der Waals surface area contributed by atoms with Gasteiger partial charge in [0.15, 0.2) is 0 Å². The molecule has 4 heterocycles. The first kappa shape index (κ1) is 15.6. The molecule has 128 valence electrons. The van der Waals surface area contributed by atoms with E-state index in [1.54, 1.807) is 6.20 Å². The van der Waals surface area contributed by atoms with Crippen LogP contribution in [0, 0.1) is 0 Å².